The van der Waals surface area contributed by atoms with Gasteiger partial charge in [-0.1, -0.05) is 13.3 Å². The van der Waals surface area contributed by atoms with Gasteiger partial charge < -0.3 is 14.2 Å². The standard InChI is InChI=1S/C21H30O5/c1-19-9-4-10-20(2,18(23)24-3)15(19)7-11-21(13-26-21)16(19)6-5-14-8-12-25-17(14)22/h8,15-16H,4-7,9-13H2,1-3H3/t15-,16-,19+,20+,21+/m1/s1. The summed E-state index contributed by atoms with van der Waals surface area (Å²) in [6.07, 6.45) is 8.65. The van der Waals surface area contributed by atoms with Gasteiger partial charge in [-0.2, -0.15) is 0 Å². The summed E-state index contributed by atoms with van der Waals surface area (Å²) in [4.78, 5) is 24.5. The van der Waals surface area contributed by atoms with Crippen LogP contribution in [0, 0.1) is 22.7 Å². The smallest absolute Gasteiger partial charge is 0.334 e. The number of ether oxygens (including phenoxy) is 3. The van der Waals surface area contributed by atoms with Crippen molar-refractivity contribution in [1.29, 1.82) is 0 Å². The molecule has 2 heterocycles. The molecule has 144 valence electrons. The van der Waals surface area contributed by atoms with Crippen LogP contribution in [0.15, 0.2) is 11.6 Å². The summed E-state index contributed by atoms with van der Waals surface area (Å²) in [6.45, 7) is 5.67. The second kappa shape index (κ2) is 6.08. The van der Waals surface area contributed by atoms with E-state index < -0.39 is 5.41 Å². The number of epoxide rings is 1. The Bertz CT molecular complexity index is 649. The van der Waals surface area contributed by atoms with Crippen molar-refractivity contribution in [2.75, 3.05) is 20.3 Å². The number of esters is 2. The average Bonchev–Trinajstić information content (AvgIpc) is 3.26. The second-order valence-electron chi connectivity index (χ2n) is 9.13. The molecule has 0 amide bonds. The predicted molar refractivity (Wildman–Crippen MR) is 95.3 cm³/mol. The lowest BCUT2D eigenvalue weighted by Crippen LogP contribution is -2.57. The lowest BCUT2D eigenvalue weighted by molar-refractivity contribution is -0.174. The summed E-state index contributed by atoms with van der Waals surface area (Å²) in [5.41, 5.74) is 0.391. The molecule has 5 atom stereocenters. The highest BCUT2D eigenvalue weighted by atomic mass is 16.6. The van der Waals surface area contributed by atoms with Crippen LogP contribution in [-0.2, 0) is 23.8 Å². The van der Waals surface area contributed by atoms with Crippen LogP contribution in [-0.4, -0.2) is 37.9 Å². The number of methoxy groups -OCH3 is 1. The Kier molecular flexibility index (Phi) is 4.22. The highest BCUT2D eigenvalue weighted by Crippen LogP contribution is 2.66. The minimum absolute atomic E-state index is 0.0390. The summed E-state index contributed by atoms with van der Waals surface area (Å²) in [5.74, 6) is 0.436. The SMILES string of the molecule is COC(=O)[C@@]1(C)CCC[C@@]2(C)[C@H]1CC[C@]1(CO1)[C@@H]2CCC1=CCOC1=O. The van der Waals surface area contributed by atoms with Gasteiger partial charge in [0.05, 0.1) is 24.7 Å². The van der Waals surface area contributed by atoms with E-state index in [-0.39, 0.29) is 23.0 Å². The summed E-state index contributed by atoms with van der Waals surface area (Å²) >= 11 is 0. The zero-order chi connectivity index (χ0) is 18.6. The first-order chi connectivity index (χ1) is 12.4. The second-order valence-corrected chi connectivity index (χ2v) is 9.13. The number of cyclic esters (lactones) is 1. The zero-order valence-electron chi connectivity index (χ0n) is 16.1. The molecule has 4 rings (SSSR count). The van der Waals surface area contributed by atoms with Crippen molar-refractivity contribution in [2.24, 2.45) is 22.7 Å². The third kappa shape index (κ3) is 2.54. The van der Waals surface area contributed by atoms with Crippen LogP contribution in [0.1, 0.15) is 58.8 Å². The highest BCUT2D eigenvalue weighted by Gasteiger charge is 2.66. The van der Waals surface area contributed by atoms with Crippen LogP contribution in [0.3, 0.4) is 0 Å². The van der Waals surface area contributed by atoms with E-state index in [1.165, 1.54) is 7.11 Å². The topological polar surface area (TPSA) is 65.1 Å². The van der Waals surface area contributed by atoms with E-state index in [1.54, 1.807) is 0 Å². The third-order valence-electron chi connectivity index (χ3n) is 7.94. The summed E-state index contributed by atoms with van der Waals surface area (Å²) in [7, 11) is 1.50. The lowest BCUT2D eigenvalue weighted by Gasteiger charge is -2.58. The van der Waals surface area contributed by atoms with Gasteiger partial charge in [0.1, 0.15) is 6.61 Å². The fourth-order valence-electron chi connectivity index (χ4n) is 6.55. The van der Waals surface area contributed by atoms with Gasteiger partial charge in [-0.3, -0.25) is 4.79 Å². The van der Waals surface area contributed by atoms with Crippen LogP contribution in [0.2, 0.25) is 0 Å². The summed E-state index contributed by atoms with van der Waals surface area (Å²) in [6, 6.07) is 0. The fraction of sp³-hybridized carbons (Fsp3) is 0.810. The van der Waals surface area contributed by atoms with Gasteiger partial charge in [-0.05, 0) is 68.8 Å². The first-order valence-corrected chi connectivity index (χ1v) is 9.94. The van der Waals surface area contributed by atoms with E-state index in [1.807, 2.05) is 6.08 Å². The maximum atomic E-state index is 12.7. The van der Waals surface area contributed by atoms with E-state index in [9.17, 15) is 9.59 Å². The molecule has 0 aromatic rings. The zero-order valence-corrected chi connectivity index (χ0v) is 16.1. The number of rotatable bonds is 4. The predicted octanol–water partition coefficient (Wildman–Crippen LogP) is 3.41. The van der Waals surface area contributed by atoms with Gasteiger partial charge in [0, 0.05) is 5.57 Å². The quantitative estimate of drug-likeness (QED) is 0.566. The Morgan fingerprint density at radius 3 is 2.69 bits per heavy atom. The van der Waals surface area contributed by atoms with Crippen molar-refractivity contribution in [3.63, 3.8) is 0 Å². The molecule has 2 saturated carbocycles. The minimum atomic E-state index is -0.415. The summed E-state index contributed by atoms with van der Waals surface area (Å²) in [5, 5.41) is 0. The molecular weight excluding hydrogens is 332 g/mol. The summed E-state index contributed by atoms with van der Waals surface area (Å²) < 4.78 is 16.3. The number of fused-ring (bicyclic) bond motifs is 1. The molecule has 0 bridgehead atoms. The third-order valence-corrected chi connectivity index (χ3v) is 7.94. The Morgan fingerprint density at radius 1 is 1.31 bits per heavy atom. The first-order valence-electron chi connectivity index (χ1n) is 9.94. The molecule has 2 aliphatic carbocycles. The van der Waals surface area contributed by atoms with E-state index in [2.05, 4.69) is 13.8 Å². The van der Waals surface area contributed by atoms with Gasteiger partial charge in [0.25, 0.3) is 0 Å². The van der Waals surface area contributed by atoms with Gasteiger partial charge >= 0.3 is 11.9 Å². The molecule has 26 heavy (non-hydrogen) atoms. The maximum Gasteiger partial charge on any atom is 0.334 e. The monoisotopic (exact) mass is 362 g/mol. The fourth-order valence-corrected chi connectivity index (χ4v) is 6.55. The van der Waals surface area contributed by atoms with Crippen LogP contribution in [0.4, 0.5) is 0 Å². The minimum Gasteiger partial charge on any atom is -0.469 e. The number of carbonyl (C=O) groups is 2. The van der Waals surface area contributed by atoms with Crippen molar-refractivity contribution in [3.05, 3.63) is 11.6 Å². The number of hydrogen-bond acceptors (Lipinski definition) is 5. The van der Waals surface area contributed by atoms with E-state index in [4.69, 9.17) is 14.2 Å². The van der Waals surface area contributed by atoms with Gasteiger partial charge in [-0.25, -0.2) is 4.79 Å². The van der Waals surface area contributed by atoms with Crippen LogP contribution in [0.25, 0.3) is 0 Å². The molecular formula is C21H30O5. The normalized spacial score (nSPS) is 44.3. The van der Waals surface area contributed by atoms with E-state index in [0.717, 1.165) is 57.1 Å². The molecule has 5 heteroatoms. The molecule has 0 N–H and O–H groups in total. The molecule has 1 spiro atoms. The van der Waals surface area contributed by atoms with Gasteiger partial charge in [0.2, 0.25) is 0 Å². The molecule has 0 aromatic carbocycles. The van der Waals surface area contributed by atoms with Crippen molar-refractivity contribution < 1.29 is 23.8 Å². The molecule has 0 aromatic heterocycles. The lowest BCUT2D eigenvalue weighted by atomic mass is 9.45. The Balaban J connectivity index is 1.61. The average molecular weight is 362 g/mol. The van der Waals surface area contributed by atoms with E-state index in [0.29, 0.717) is 18.4 Å². The van der Waals surface area contributed by atoms with Gasteiger partial charge in [0.15, 0.2) is 0 Å². The molecule has 1 saturated heterocycles. The van der Waals surface area contributed by atoms with Crippen LogP contribution in [0.5, 0.6) is 0 Å². The Morgan fingerprint density at radius 2 is 2.08 bits per heavy atom. The Labute approximate surface area is 155 Å². The van der Waals surface area contributed by atoms with Crippen molar-refractivity contribution in [1.82, 2.24) is 0 Å². The largest absolute Gasteiger partial charge is 0.469 e. The van der Waals surface area contributed by atoms with Crippen molar-refractivity contribution in [3.8, 4) is 0 Å². The van der Waals surface area contributed by atoms with E-state index >= 15 is 0 Å². The van der Waals surface area contributed by atoms with Crippen LogP contribution < -0.4 is 0 Å². The molecule has 0 radical (unpaired) electrons. The highest BCUT2D eigenvalue weighted by molar-refractivity contribution is 5.90. The maximum absolute atomic E-state index is 12.7. The molecule has 5 nitrogen and oxygen atoms in total. The Hall–Kier alpha value is -1.36. The molecule has 4 aliphatic rings. The number of hydrogen-bond donors (Lipinski definition) is 0. The van der Waals surface area contributed by atoms with Crippen molar-refractivity contribution in [2.45, 2.75) is 64.4 Å². The van der Waals surface area contributed by atoms with Gasteiger partial charge in [-0.15, -0.1) is 0 Å². The number of carbonyl (C=O) groups excluding carboxylic acids is 2. The van der Waals surface area contributed by atoms with Crippen LogP contribution >= 0.6 is 0 Å². The first kappa shape index (κ1) is 18.0. The molecule has 3 fully saturated rings. The molecule has 0 unspecified atom stereocenters. The van der Waals surface area contributed by atoms with Crippen molar-refractivity contribution >= 4 is 11.9 Å². The molecule has 2 aliphatic heterocycles.